The maximum Gasteiger partial charge on any atom is 0.323 e. The Morgan fingerprint density at radius 1 is 1.50 bits per heavy atom. The van der Waals surface area contributed by atoms with Gasteiger partial charge in [0.1, 0.15) is 11.9 Å². The summed E-state index contributed by atoms with van der Waals surface area (Å²) in [5, 5.41) is 10.4. The average Bonchev–Trinajstić information content (AvgIpc) is 2.69. The molecule has 1 aliphatic rings. The molecule has 0 radical (unpaired) electrons. The summed E-state index contributed by atoms with van der Waals surface area (Å²) >= 11 is 1.64. The standard InChI is InChI=1S/C11H15N3OS/c1-6(2)14-9(10(12)13-11(14)15)8-5-4-7(3)16-8/h4-6,9H,1-3H3,(H2,12,13,15). The van der Waals surface area contributed by atoms with Gasteiger partial charge in [-0.2, -0.15) is 0 Å². The van der Waals surface area contributed by atoms with Gasteiger partial charge in [0.05, 0.1) is 0 Å². The summed E-state index contributed by atoms with van der Waals surface area (Å²) in [6.45, 7) is 5.96. The highest BCUT2D eigenvalue weighted by Gasteiger charge is 2.38. The number of nitrogens with one attached hydrogen (secondary N) is 2. The summed E-state index contributed by atoms with van der Waals surface area (Å²) in [5.41, 5.74) is 0. The van der Waals surface area contributed by atoms with Gasteiger partial charge in [0, 0.05) is 15.8 Å². The van der Waals surface area contributed by atoms with Crippen molar-refractivity contribution in [2.24, 2.45) is 0 Å². The van der Waals surface area contributed by atoms with Crippen molar-refractivity contribution in [3.05, 3.63) is 21.9 Å². The first-order valence-corrected chi connectivity index (χ1v) is 6.06. The fourth-order valence-electron chi connectivity index (χ4n) is 1.92. The molecule has 0 spiro atoms. The van der Waals surface area contributed by atoms with E-state index in [1.165, 1.54) is 4.88 Å². The van der Waals surface area contributed by atoms with Crippen LogP contribution < -0.4 is 5.32 Å². The second-order valence-corrected chi connectivity index (χ2v) is 5.52. The van der Waals surface area contributed by atoms with Crippen LogP contribution in [0.25, 0.3) is 0 Å². The molecule has 5 heteroatoms. The van der Waals surface area contributed by atoms with Crippen molar-refractivity contribution >= 4 is 23.2 Å². The van der Waals surface area contributed by atoms with E-state index in [-0.39, 0.29) is 24.0 Å². The van der Waals surface area contributed by atoms with Gasteiger partial charge in [0.25, 0.3) is 0 Å². The number of nitrogens with zero attached hydrogens (tertiary/aromatic N) is 1. The molecule has 2 rings (SSSR count). The lowest BCUT2D eigenvalue weighted by Crippen LogP contribution is -2.35. The molecule has 2 N–H and O–H groups in total. The molecule has 16 heavy (non-hydrogen) atoms. The highest BCUT2D eigenvalue weighted by Crippen LogP contribution is 2.32. The molecule has 1 unspecified atom stereocenters. The van der Waals surface area contributed by atoms with Gasteiger partial charge in [0.15, 0.2) is 0 Å². The third kappa shape index (κ3) is 1.71. The van der Waals surface area contributed by atoms with Crippen molar-refractivity contribution in [2.45, 2.75) is 32.9 Å². The second-order valence-electron chi connectivity index (χ2n) is 4.20. The number of rotatable bonds is 2. The van der Waals surface area contributed by atoms with Crippen molar-refractivity contribution in [3.8, 4) is 0 Å². The molecule has 1 saturated heterocycles. The number of carbonyl (C=O) groups excluding carboxylic acids is 1. The van der Waals surface area contributed by atoms with Crippen LogP contribution in [-0.2, 0) is 0 Å². The topological polar surface area (TPSA) is 56.2 Å². The molecule has 86 valence electrons. The largest absolute Gasteiger partial charge is 0.323 e. The van der Waals surface area contributed by atoms with Crippen LogP contribution in [0.5, 0.6) is 0 Å². The SMILES string of the molecule is Cc1ccc(C2C(=N)NC(=O)N2C(C)C)s1. The van der Waals surface area contributed by atoms with Crippen LogP contribution >= 0.6 is 11.3 Å². The molecule has 1 aromatic rings. The third-order valence-corrected chi connectivity index (χ3v) is 3.67. The van der Waals surface area contributed by atoms with E-state index in [9.17, 15) is 4.79 Å². The van der Waals surface area contributed by atoms with Gasteiger partial charge < -0.3 is 4.90 Å². The Hall–Kier alpha value is -1.36. The van der Waals surface area contributed by atoms with Gasteiger partial charge in [-0.05, 0) is 32.9 Å². The molecule has 4 nitrogen and oxygen atoms in total. The van der Waals surface area contributed by atoms with Crippen molar-refractivity contribution in [1.82, 2.24) is 10.2 Å². The number of aryl methyl sites for hydroxylation is 1. The molecule has 1 atom stereocenters. The van der Waals surface area contributed by atoms with E-state index in [1.54, 1.807) is 16.2 Å². The number of hydrogen-bond donors (Lipinski definition) is 2. The van der Waals surface area contributed by atoms with Crippen molar-refractivity contribution in [2.75, 3.05) is 0 Å². The molecule has 2 heterocycles. The molecule has 0 bridgehead atoms. The Balaban J connectivity index is 2.37. The maximum atomic E-state index is 11.7. The minimum Gasteiger partial charge on any atom is -0.307 e. The Bertz CT molecular complexity index is 438. The number of thiophene rings is 1. The zero-order valence-corrected chi connectivity index (χ0v) is 10.4. The summed E-state index contributed by atoms with van der Waals surface area (Å²) in [6, 6.07) is 3.71. The predicted octanol–water partition coefficient (Wildman–Crippen LogP) is 2.51. The Labute approximate surface area is 98.8 Å². The van der Waals surface area contributed by atoms with E-state index in [1.807, 2.05) is 32.9 Å². The summed E-state index contributed by atoms with van der Waals surface area (Å²) in [5.74, 6) is 0.278. The van der Waals surface area contributed by atoms with Crippen molar-refractivity contribution in [3.63, 3.8) is 0 Å². The van der Waals surface area contributed by atoms with Gasteiger partial charge >= 0.3 is 6.03 Å². The van der Waals surface area contributed by atoms with E-state index in [2.05, 4.69) is 5.32 Å². The van der Waals surface area contributed by atoms with E-state index < -0.39 is 0 Å². The van der Waals surface area contributed by atoms with Crippen LogP contribution in [-0.4, -0.2) is 22.8 Å². The Morgan fingerprint density at radius 2 is 2.19 bits per heavy atom. The van der Waals surface area contributed by atoms with E-state index >= 15 is 0 Å². The Morgan fingerprint density at radius 3 is 2.69 bits per heavy atom. The summed E-state index contributed by atoms with van der Waals surface area (Å²) in [7, 11) is 0. The summed E-state index contributed by atoms with van der Waals surface area (Å²) < 4.78 is 0. The maximum absolute atomic E-state index is 11.7. The van der Waals surface area contributed by atoms with Gasteiger partial charge in [-0.15, -0.1) is 11.3 Å². The predicted molar refractivity (Wildman–Crippen MR) is 65.0 cm³/mol. The molecule has 0 aromatic carbocycles. The fourth-order valence-corrected chi connectivity index (χ4v) is 2.90. The number of carbonyl (C=O) groups is 1. The molecular weight excluding hydrogens is 222 g/mol. The number of hydrogen-bond acceptors (Lipinski definition) is 3. The zero-order chi connectivity index (χ0) is 11.9. The number of urea groups is 1. The van der Waals surface area contributed by atoms with Gasteiger partial charge in [0.2, 0.25) is 0 Å². The minimum absolute atomic E-state index is 0.0928. The van der Waals surface area contributed by atoms with Gasteiger partial charge in [-0.1, -0.05) is 0 Å². The van der Waals surface area contributed by atoms with E-state index in [4.69, 9.17) is 5.41 Å². The lowest BCUT2D eigenvalue weighted by molar-refractivity contribution is 0.191. The second kappa shape index (κ2) is 3.90. The van der Waals surface area contributed by atoms with Crippen LogP contribution in [0, 0.1) is 12.3 Å². The first-order chi connectivity index (χ1) is 7.50. The zero-order valence-electron chi connectivity index (χ0n) is 9.57. The van der Waals surface area contributed by atoms with Crippen molar-refractivity contribution in [1.29, 1.82) is 5.41 Å². The molecule has 1 aromatic heterocycles. The van der Waals surface area contributed by atoms with Gasteiger partial charge in [-0.3, -0.25) is 10.7 Å². The van der Waals surface area contributed by atoms with Crippen LogP contribution in [0.2, 0.25) is 0 Å². The highest BCUT2D eigenvalue weighted by molar-refractivity contribution is 7.12. The minimum atomic E-state index is -0.230. The van der Waals surface area contributed by atoms with E-state index in [0.717, 1.165) is 4.88 Å². The third-order valence-electron chi connectivity index (χ3n) is 2.61. The van der Waals surface area contributed by atoms with Crippen LogP contribution in [0.15, 0.2) is 12.1 Å². The fraction of sp³-hybridized carbons (Fsp3) is 0.455. The summed E-state index contributed by atoms with van der Waals surface area (Å²) in [4.78, 5) is 15.7. The lowest BCUT2D eigenvalue weighted by atomic mass is 10.2. The average molecular weight is 237 g/mol. The molecule has 0 aliphatic carbocycles. The molecule has 0 saturated carbocycles. The van der Waals surface area contributed by atoms with Crippen LogP contribution in [0.3, 0.4) is 0 Å². The smallest absolute Gasteiger partial charge is 0.307 e. The first kappa shape index (κ1) is 11.1. The molecule has 1 fully saturated rings. The molecule has 2 amide bonds. The first-order valence-electron chi connectivity index (χ1n) is 5.25. The molecule has 1 aliphatic heterocycles. The Kier molecular flexibility index (Phi) is 2.71. The number of amidine groups is 1. The van der Waals surface area contributed by atoms with Crippen molar-refractivity contribution < 1.29 is 4.79 Å². The monoisotopic (exact) mass is 237 g/mol. The van der Waals surface area contributed by atoms with Crippen LogP contribution in [0.4, 0.5) is 4.79 Å². The number of amides is 2. The molecular formula is C11H15N3OS. The van der Waals surface area contributed by atoms with Gasteiger partial charge in [-0.25, -0.2) is 4.79 Å². The normalized spacial score (nSPS) is 20.8. The summed E-state index contributed by atoms with van der Waals surface area (Å²) in [6.07, 6.45) is 0. The van der Waals surface area contributed by atoms with Crippen LogP contribution in [0.1, 0.15) is 29.6 Å². The highest BCUT2D eigenvalue weighted by atomic mass is 32.1. The lowest BCUT2D eigenvalue weighted by Gasteiger charge is -2.25. The quantitative estimate of drug-likeness (QED) is 0.815. The van der Waals surface area contributed by atoms with E-state index in [0.29, 0.717) is 0 Å².